The largest absolute Gasteiger partial charge is 0.403 e. The molecule has 0 radical (unpaired) electrons. The smallest absolute Gasteiger partial charge is 0.322 e. The normalized spacial score (nSPS) is 10.4. The van der Waals surface area contributed by atoms with Gasteiger partial charge in [0.25, 0.3) is 17.5 Å². The monoisotopic (exact) mass is 486 g/mol. The number of nitro groups is 1. The average Bonchev–Trinajstić information content (AvgIpc) is 3.32. The van der Waals surface area contributed by atoms with E-state index in [4.69, 9.17) is 4.42 Å². The van der Waals surface area contributed by atoms with Gasteiger partial charge >= 0.3 is 6.01 Å². The fourth-order valence-corrected chi connectivity index (χ4v) is 3.20. The number of non-ortho nitro benzene ring substituents is 1. The summed E-state index contributed by atoms with van der Waals surface area (Å²) >= 11 is 0. The molecule has 4 aromatic rings. The molecule has 0 aliphatic rings. The third-order valence-corrected chi connectivity index (χ3v) is 4.84. The van der Waals surface area contributed by atoms with Gasteiger partial charge in [-0.25, -0.2) is 0 Å². The molecule has 0 fully saturated rings. The topological polar surface area (TPSA) is 169 Å². The van der Waals surface area contributed by atoms with Crippen LogP contribution in [-0.2, 0) is 4.79 Å². The van der Waals surface area contributed by atoms with Crippen molar-refractivity contribution < 1.29 is 23.7 Å². The second-order valence-electron chi connectivity index (χ2n) is 7.43. The maximum Gasteiger partial charge on any atom is 0.322 e. The highest BCUT2D eigenvalue weighted by atomic mass is 16.6. The quantitative estimate of drug-likeness (QED) is 0.259. The predicted molar refractivity (Wildman–Crippen MR) is 129 cm³/mol. The second kappa shape index (κ2) is 10.3. The fraction of sp³-hybridized carbons (Fsp3) is 0.0417. The Hall–Kier alpha value is -5.39. The average molecular weight is 486 g/mol. The minimum atomic E-state index is -0.566. The molecule has 0 aliphatic heterocycles. The first-order valence-corrected chi connectivity index (χ1v) is 10.5. The summed E-state index contributed by atoms with van der Waals surface area (Å²) < 4.78 is 5.43. The van der Waals surface area contributed by atoms with Crippen molar-refractivity contribution in [3.05, 3.63) is 94.0 Å². The first kappa shape index (κ1) is 23.8. The van der Waals surface area contributed by atoms with Crippen molar-refractivity contribution >= 4 is 40.8 Å². The van der Waals surface area contributed by atoms with Gasteiger partial charge in [-0.3, -0.25) is 29.8 Å². The summed E-state index contributed by atoms with van der Waals surface area (Å²) in [5, 5.41) is 26.2. The molecule has 0 spiro atoms. The van der Waals surface area contributed by atoms with E-state index in [1.165, 1.54) is 43.3 Å². The zero-order valence-electron chi connectivity index (χ0n) is 18.7. The van der Waals surface area contributed by atoms with Crippen LogP contribution in [0.15, 0.2) is 77.2 Å². The summed E-state index contributed by atoms with van der Waals surface area (Å²) in [6.07, 6.45) is 0. The SMILES string of the molecule is CC(=O)Nc1ccccc1C(=O)Nc1cccc(C(=O)Nc2nnc(-c3ccc([N+](=O)[O-])cc3)o2)c1. The number of rotatable bonds is 7. The van der Waals surface area contributed by atoms with Crippen molar-refractivity contribution in [2.75, 3.05) is 16.0 Å². The van der Waals surface area contributed by atoms with E-state index in [1.54, 1.807) is 36.4 Å². The summed E-state index contributed by atoms with van der Waals surface area (Å²) in [4.78, 5) is 47.1. The highest BCUT2D eigenvalue weighted by molar-refractivity contribution is 6.10. The third-order valence-electron chi connectivity index (χ3n) is 4.84. The molecule has 3 N–H and O–H groups in total. The molecule has 0 saturated heterocycles. The number of hydrogen-bond donors (Lipinski definition) is 3. The van der Waals surface area contributed by atoms with Crippen LogP contribution in [0.25, 0.3) is 11.5 Å². The number of aromatic nitrogens is 2. The van der Waals surface area contributed by atoms with Crippen molar-refractivity contribution in [1.82, 2.24) is 10.2 Å². The Balaban J connectivity index is 1.45. The zero-order valence-corrected chi connectivity index (χ0v) is 18.7. The zero-order chi connectivity index (χ0) is 25.7. The molecular formula is C24H18N6O6. The van der Waals surface area contributed by atoms with Gasteiger partial charge in [-0.15, -0.1) is 5.10 Å². The van der Waals surface area contributed by atoms with Crippen molar-refractivity contribution in [2.24, 2.45) is 0 Å². The molecule has 3 aromatic carbocycles. The van der Waals surface area contributed by atoms with Crippen molar-refractivity contribution in [3.8, 4) is 11.5 Å². The van der Waals surface area contributed by atoms with E-state index < -0.39 is 16.7 Å². The van der Waals surface area contributed by atoms with E-state index in [-0.39, 0.29) is 34.6 Å². The number of hydrogen-bond acceptors (Lipinski definition) is 8. The Labute approximate surface area is 203 Å². The molecule has 1 heterocycles. The van der Waals surface area contributed by atoms with Crippen LogP contribution in [0.3, 0.4) is 0 Å². The Morgan fingerprint density at radius 2 is 1.61 bits per heavy atom. The van der Waals surface area contributed by atoms with E-state index in [0.29, 0.717) is 16.9 Å². The molecule has 180 valence electrons. The molecule has 3 amide bonds. The summed E-state index contributed by atoms with van der Waals surface area (Å²) in [6.45, 7) is 1.34. The number of benzene rings is 3. The third kappa shape index (κ3) is 5.56. The Morgan fingerprint density at radius 1 is 0.861 bits per heavy atom. The van der Waals surface area contributed by atoms with E-state index in [9.17, 15) is 24.5 Å². The van der Waals surface area contributed by atoms with Gasteiger partial charge in [0, 0.05) is 35.9 Å². The van der Waals surface area contributed by atoms with Crippen LogP contribution in [0.1, 0.15) is 27.6 Å². The number of amides is 3. The van der Waals surface area contributed by atoms with Gasteiger partial charge in [-0.2, -0.15) is 0 Å². The molecular weight excluding hydrogens is 468 g/mol. The summed E-state index contributed by atoms with van der Waals surface area (Å²) in [5.74, 6) is -1.28. The maximum atomic E-state index is 12.8. The van der Waals surface area contributed by atoms with Crippen LogP contribution in [0.5, 0.6) is 0 Å². The number of carbonyl (C=O) groups is 3. The number of carbonyl (C=O) groups excluding carboxylic acids is 3. The molecule has 0 atom stereocenters. The van der Waals surface area contributed by atoms with E-state index in [1.807, 2.05) is 0 Å². The van der Waals surface area contributed by atoms with E-state index in [0.717, 1.165) is 0 Å². The standard InChI is InChI=1S/C24H18N6O6/c1-14(31)25-20-8-3-2-7-19(20)22(33)26-17-6-4-5-16(13-17)21(32)27-24-29-28-23(36-24)15-9-11-18(12-10-15)30(34)35/h2-13H,1H3,(H,25,31)(H,26,33)(H,27,29,32). The molecule has 1 aromatic heterocycles. The van der Waals surface area contributed by atoms with Gasteiger partial charge in [0.05, 0.1) is 16.2 Å². The van der Waals surface area contributed by atoms with Crippen LogP contribution >= 0.6 is 0 Å². The lowest BCUT2D eigenvalue weighted by Crippen LogP contribution is -2.17. The minimum absolute atomic E-state index is 0.0686. The van der Waals surface area contributed by atoms with Gasteiger partial charge in [0.1, 0.15) is 0 Å². The number of nitrogens with one attached hydrogen (secondary N) is 3. The highest BCUT2D eigenvalue weighted by Gasteiger charge is 2.16. The van der Waals surface area contributed by atoms with Gasteiger partial charge in [0.2, 0.25) is 11.8 Å². The highest BCUT2D eigenvalue weighted by Crippen LogP contribution is 2.23. The fourth-order valence-electron chi connectivity index (χ4n) is 3.20. The lowest BCUT2D eigenvalue weighted by atomic mass is 10.1. The Bertz CT molecular complexity index is 1460. The first-order chi connectivity index (χ1) is 17.3. The van der Waals surface area contributed by atoms with Gasteiger partial charge < -0.3 is 15.1 Å². The van der Waals surface area contributed by atoms with Crippen molar-refractivity contribution in [2.45, 2.75) is 6.92 Å². The van der Waals surface area contributed by atoms with Gasteiger partial charge in [-0.1, -0.05) is 23.3 Å². The molecule has 36 heavy (non-hydrogen) atoms. The number of nitro benzene ring substituents is 1. The lowest BCUT2D eigenvalue weighted by Gasteiger charge is -2.11. The first-order valence-electron chi connectivity index (χ1n) is 10.5. The number of para-hydroxylation sites is 1. The van der Waals surface area contributed by atoms with E-state index >= 15 is 0 Å². The predicted octanol–water partition coefficient (Wildman–Crippen LogP) is 4.11. The maximum absolute atomic E-state index is 12.8. The Morgan fingerprint density at radius 3 is 2.33 bits per heavy atom. The molecule has 12 nitrogen and oxygen atoms in total. The Kier molecular flexibility index (Phi) is 6.77. The van der Waals surface area contributed by atoms with Crippen LogP contribution in [0.2, 0.25) is 0 Å². The lowest BCUT2D eigenvalue weighted by molar-refractivity contribution is -0.384. The van der Waals surface area contributed by atoms with E-state index in [2.05, 4.69) is 26.1 Å². The van der Waals surface area contributed by atoms with Crippen LogP contribution in [-0.4, -0.2) is 32.8 Å². The molecule has 12 heteroatoms. The summed E-state index contributed by atoms with van der Waals surface area (Å²) in [5.41, 5.74) is 1.53. The van der Waals surface area contributed by atoms with Crippen LogP contribution < -0.4 is 16.0 Å². The molecule has 4 rings (SSSR count). The molecule has 0 unspecified atom stereocenters. The molecule has 0 bridgehead atoms. The van der Waals surface area contributed by atoms with Crippen molar-refractivity contribution in [1.29, 1.82) is 0 Å². The van der Waals surface area contributed by atoms with Gasteiger partial charge in [0.15, 0.2) is 0 Å². The van der Waals surface area contributed by atoms with Crippen LogP contribution in [0, 0.1) is 10.1 Å². The summed E-state index contributed by atoms with van der Waals surface area (Å²) in [7, 11) is 0. The number of anilines is 3. The van der Waals surface area contributed by atoms with Gasteiger partial charge in [-0.05, 0) is 42.5 Å². The summed E-state index contributed by atoms with van der Waals surface area (Å²) in [6, 6.07) is 18.0. The minimum Gasteiger partial charge on any atom is -0.403 e. The van der Waals surface area contributed by atoms with Crippen molar-refractivity contribution in [3.63, 3.8) is 0 Å². The number of nitrogens with zero attached hydrogens (tertiary/aromatic N) is 3. The molecule has 0 aliphatic carbocycles. The van der Waals surface area contributed by atoms with Crippen LogP contribution in [0.4, 0.5) is 23.1 Å². The molecule has 0 saturated carbocycles. The second-order valence-corrected chi connectivity index (χ2v) is 7.43.